The number of benzene rings is 2. The highest BCUT2D eigenvalue weighted by Gasteiger charge is 2.07. The van der Waals surface area contributed by atoms with Crippen LogP contribution in [0.2, 0.25) is 0 Å². The predicted octanol–water partition coefficient (Wildman–Crippen LogP) is -1.03. The minimum absolute atomic E-state index is 0. The van der Waals surface area contributed by atoms with Crippen LogP contribution in [0.3, 0.4) is 0 Å². The summed E-state index contributed by atoms with van der Waals surface area (Å²) in [6.07, 6.45) is 3.16. The van der Waals surface area contributed by atoms with Crippen LogP contribution in [0.5, 0.6) is 0 Å². The van der Waals surface area contributed by atoms with Crippen molar-refractivity contribution in [3.63, 3.8) is 0 Å². The second kappa shape index (κ2) is 11.5. The van der Waals surface area contributed by atoms with Crippen molar-refractivity contribution in [3.8, 4) is 0 Å². The highest BCUT2D eigenvalue weighted by molar-refractivity contribution is 5.89. The zero-order valence-electron chi connectivity index (χ0n) is 14.7. The van der Waals surface area contributed by atoms with Crippen LogP contribution in [0.4, 0.5) is 5.69 Å². The molecule has 0 heterocycles. The van der Waals surface area contributed by atoms with Gasteiger partial charge in [-0.2, -0.15) is 0 Å². The van der Waals surface area contributed by atoms with E-state index in [-0.39, 0.29) is 18.4 Å². The molecule has 0 fully saturated rings. The first-order chi connectivity index (χ1) is 11.6. The Labute approximate surface area is 156 Å². The van der Waals surface area contributed by atoms with Crippen LogP contribution in [0, 0.1) is 0 Å². The van der Waals surface area contributed by atoms with E-state index in [1.54, 1.807) is 24.3 Å². The summed E-state index contributed by atoms with van der Waals surface area (Å²) in [5.41, 5.74) is 8.19. The number of hydrogen-bond acceptors (Lipinski definition) is 3. The van der Waals surface area contributed by atoms with Crippen LogP contribution in [0.25, 0.3) is 0 Å². The molecule has 136 valence electrons. The number of rotatable bonds is 9. The van der Waals surface area contributed by atoms with E-state index >= 15 is 0 Å². The number of carbonyl (C=O) groups is 1. The molecule has 2 aromatic rings. The summed E-state index contributed by atoms with van der Waals surface area (Å²) in [5.74, 6) is -0.281. The number of esters is 1. The maximum Gasteiger partial charge on any atom is 0.338 e. The zero-order chi connectivity index (χ0) is 17.2. The third kappa shape index (κ3) is 8.05. The first-order valence-electron chi connectivity index (χ1n) is 8.53. The second-order valence-corrected chi connectivity index (χ2v) is 6.16. The number of aryl methyl sites for hydroxylation is 1. The summed E-state index contributed by atoms with van der Waals surface area (Å²) in [6.45, 7) is 2.59. The molecule has 0 aliphatic rings. The molecule has 0 saturated carbocycles. The monoisotopic (exact) mass is 362 g/mol. The molecule has 2 aromatic carbocycles. The summed E-state index contributed by atoms with van der Waals surface area (Å²) in [7, 11) is 2.19. The Kier molecular flexibility index (Phi) is 9.66. The molecule has 0 radical (unpaired) electrons. The van der Waals surface area contributed by atoms with Crippen molar-refractivity contribution in [2.45, 2.75) is 19.3 Å². The van der Waals surface area contributed by atoms with Crippen LogP contribution in [-0.4, -0.2) is 32.7 Å². The zero-order valence-corrected chi connectivity index (χ0v) is 15.5. The van der Waals surface area contributed by atoms with Crippen molar-refractivity contribution >= 4 is 11.7 Å². The molecule has 0 bridgehead atoms. The van der Waals surface area contributed by atoms with Gasteiger partial charge in [-0.1, -0.05) is 30.3 Å². The molecular formula is C20H27ClN2O2. The van der Waals surface area contributed by atoms with E-state index in [1.807, 2.05) is 6.07 Å². The van der Waals surface area contributed by atoms with Gasteiger partial charge in [0.25, 0.3) is 0 Å². The molecule has 25 heavy (non-hydrogen) atoms. The number of ether oxygens (including phenoxy) is 1. The van der Waals surface area contributed by atoms with Gasteiger partial charge >= 0.3 is 5.97 Å². The van der Waals surface area contributed by atoms with Crippen LogP contribution < -0.4 is 23.0 Å². The van der Waals surface area contributed by atoms with Gasteiger partial charge in [-0.15, -0.1) is 0 Å². The number of nitrogen functional groups attached to an aromatic ring is 1. The molecular weight excluding hydrogens is 336 g/mol. The van der Waals surface area contributed by atoms with Gasteiger partial charge in [0.05, 0.1) is 32.3 Å². The molecule has 1 atom stereocenters. The summed E-state index contributed by atoms with van der Waals surface area (Å²) < 4.78 is 5.30. The first kappa shape index (κ1) is 21.0. The second-order valence-electron chi connectivity index (χ2n) is 6.16. The fraction of sp³-hybridized carbons (Fsp3) is 0.350. The van der Waals surface area contributed by atoms with Gasteiger partial charge in [-0.3, -0.25) is 0 Å². The van der Waals surface area contributed by atoms with E-state index in [4.69, 9.17) is 10.5 Å². The quantitative estimate of drug-likeness (QED) is 0.341. The topological polar surface area (TPSA) is 56.8 Å². The van der Waals surface area contributed by atoms with Gasteiger partial charge in [-0.05, 0) is 36.2 Å². The predicted molar refractivity (Wildman–Crippen MR) is 97.1 cm³/mol. The van der Waals surface area contributed by atoms with Gasteiger partial charge in [0.15, 0.2) is 0 Å². The summed E-state index contributed by atoms with van der Waals surface area (Å²) in [6, 6.07) is 17.4. The lowest BCUT2D eigenvalue weighted by Gasteiger charge is -2.14. The number of anilines is 1. The highest BCUT2D eigenvalue weighted by atomic mass is 35.5. The number of hydrogen-bond donors (Lipinski definition) is 2. The lowest BCUT2D eigenvalue weighted by molar-refractivity contribution is -0.880. The Hall–Kier alpha value is -2.04. The average molecular weight is 363 g/mol. The minimum Gasteiger partial charge on any atom is -1.00 e. The molecule has 0 spiro atoms. The first-order valence-corrected chi connectivity index (χ1v) is 8.53. The van der Waals surface area contributed by atoms with Crippen LogP contribution in [0.15, 0.2) is 54.6 Å². The Morgan fingerprint density at radius 3 is 2.32 bits per heavy atom. The van der Waals surface area contributed by atoms with Crippen LogP contribution in [-0.2, 0) is 11.2 Å². The SMILES string of the molecule is C[NH+](CCCOC(=O)c1ccc(N)cc1)CCCc1ccccc1.[Cl-]. The summed E-state index contributed by atoms with van der Waals surface area (Å²) in [5, 5.41) is 0. The highest BCUT2D eigenvalue weighted by Crippen LogP contribution is 2.06. The number of nitrogens with two attached hydrogens (primary N) is 1. The fourth-order valence-electron chi connectivity index (χ4n) is 2.61. The van der Waals surface area contributed by atoms with E-state index in [0.717, 1.165) is 25.9 Å². The van der Waals surface area contributed by atoms with Crippen molar-refractivity contribution in [1.29, 1.82) is 0 Å². The third-order valence-electron chi connectivity index (χ3n) is 4.04. The van der Waals surface area contributed by atoms with Crippen molar-refractivity contribution in [3.05, 3.63) is 65.7 Å². The molecule has 1 unspecified atom stereocenters. The van der Waals surface area contributed by atoms with Gasteiger partial charge in [-0.25, -0.2) is 4.79 Å². The molecule has 5 heteroatoms. The Morgan fingerprint density at radius 1 is 1.00 bits per heavy atom. The van der Waals surface area contributed by atoms with Crippen molar-refractivity contribution < 1.29 is 26.8 Å². The van der Waals surface area contributed by atoms with Crippen molar-refractivity contribution in [1.82, 2.24) is 0 Å². The number of halogens is 1. The maximum atomic E-state index is 11.9. The Bertz CT molecular complexity index is 617. The van der Waals surface area contributed by atoms with E-state index in [0.29, 0.717) is 17.9 Å². The fourth-order valence-corrected chi connectivity index (χ4v) is 2.61. The number of nitrogens with one attached hydrogen (secondary N) is 1. The average Bonchev–Trinajstić information content (AvgIpc) is 2.60. The molecule has 2 rings (SSSR count). The number of quaternary nitrogens is 1. The Morgan fingerprint density at radius 2 is 1.64 bits per heavy atom. The van der Waals surface area contributed by atoms with E-state index in [2.05, 4.69) is 31.3 Å². The van der Waals surface area contributed by atoms with Gasteiger partial charge in [0.2, 0.25) is 0 Å². The van der Waals surface area contributed by atoms with Gasteiger partial charge in [0, 0.05) is 18.5 Å². The van der Waals surface area contributed by atoms with Gasteiger partial charge in [0.1, 0.15) is 0 Å². The molecule has 0 aliphatic heterocycles. The van der Waals surface area contributed by atoms with Crippen LogP contribution >= 0.6 is 0 Å². The lowest BCUT2D eigenvalue weighted by Crippen LogP contribution is -3.09. The third-order valence-corrected chi connectivity index (χ3v) is 4.04. The molecule has 0 saturated heterocycles. The standard InChI is InChI=1S/C20H26N2O2.ClH/c1-22(14-5-9-17-7-3-2-4-8-17)15-6-16-24-20(23)18-10-12-19(21)13-11-18;/h2-4,7-8,10-13H,5-6,9,14-16,21H2,1H3;1H. The summed E-state index contributed by atoms with van der Waals surface area (Å²) in [4.78, 5) is 13.3. The van der Waals surface area contributed by atoms with E-state index in [9.17, 15) is 4.79 Å². The van der Waals surface area contributed by atoms with Gasteiger partial charge < -0.3 is 27.8 Å². The van der Waals surface area contributed by atoms with E-state index < -0.39 is 0 Å². The van der Waals surface area contributed by atoms with Crippen molar-refractivity contribution in [2.24, 2.45) is 0 Å². The molecule has 3 N–H and O–H groups in total. The molecule has 4 nitrogen and oxygen atoms in total. The number of carbonyl (C=O) groups excluding carboxylic acids is 1. The Balaban J connectivity index is 0.00000312. The molecule has 0 aliphatic carbocycles. The maximum absolute atomic E-state index is 11.9. The normalized spacial score (nSPS) is 11.4. The van der Waals surface area contributed by atoms with Crippen molar-refractivity contribution in [2.75, 3.05) is 32.5 Å². The van der Waals surface area contributed by atoms with Crippen LogP contribution in [0.1, 0.15) is 28.8 Å². The van der Waals surface area contributed by atoms with E-state index in [1.165, 1.54) is 16.9 Å². The smallest absolute Gasteiger partial charge is 0.338 e. The largest absolute Gasteiger partial charge is 1.00 e. The summed E-state index contributed by atoms with van der Waals surface area (Å²) >= 11 is 0. The lowest BCUT2D eigenvalue weighted by atomic mass is 10.1. The molecule has 0 aromatic heterocycles. The molecule has 0 amide bonds. The minimum atomic E-state index is -0.281.